The number of ether oxygens (including phenoxy) is 1. The molecule has 0 atom stereocenters. The summed E-state index contributed by atoms with van der Waals surface area (Å²) in [6.45, 7) is 4.02. The molecule has 1 aliphatic heterocycles. The third-order valence-corrected chi connectivity index (χ3v) is 1.01. The SMILES string of the molecule is C1CO1.Cc1cccnc1. The molecule has 10 heavy (non-hydrogen) atoms. The summed E-state index contributed by atoms with van der Waals surface area (Å²) in [5.74, 6) is 0. The van der Waals surface area contributed by atoms with E-state index in [9.17, 15) is 0 Å². The maximum Gasteiger partial charge on any atom is 0.0701 e. The summed E-state index contributed by atoms with van der Waals surface area (Å²) in [5, 5.41) is 0. The predicted octanol–water partition coefficient (Wildman–Crippen LogP) is 1.41. The molecule has 1 fully saturated rings. The molecule has 2 heterocycles. The molecule has 1 aromatic rings. The van der Waals surface area contributed by atoms with Crippen molar-refractivity contribution in [3.63, 3.8) is 0 Å². The monoisotopic (exact) mass is 137 g/mol. The van der Waals surface area contributed by atoms with Crippen LogP contribution in [0.3, 0.4) is 0 Å². The first-order valence-corrected chi connectivity index (χ1v) is 3.34. The summed E-state index contributed by atoms with van der Waals surface area (Å²) in [6, 6.07) is 3.95. The third-order valence-electron chi connectivity index (χ3n) is 1.01. The van der Waals surface area contributed by atoms with Crippen molar-refractivity contribution in [1.82, 2.24) is 4.98 Å². The Kier molecular flexibility index (Phi) is 2.90. The molecule has 0 bridgehead atoms. The molecule has 0 aromatic carbocycles. The lowest BCUT2D eigenvalue weighted by Gasteiger charge is -1.82. The number of hydrogen-bond donors (Lipinski definition) is 0. The number of rotatable bonds is 0. The number of hydrogen-bond acceptors (Lipinski definition) is 2. The first-order chi connectivity index (χ1) is 4.89. The van der Waals surface area contributed by atoms with Gasteiger partial charge in [-0.15, -0.1) is 0 Å². The Morgan fingerprint density at radius 2 is 2.20 bits per heavy atom. The van der Waals surface area contributed by atoms with E-state index in [0.29, 0.717) is 0 Å². The normalized spacial score (nSPS) is 13.3. The second-order valence-corrected chi connectivity index (χ2v) is 2.14. The van der Waals surface area contributed by atoms with Crippen LogP contribution in [0.25, 0.3) is 0 Å². The van der Waals surface area contributed by atoms with Gasteiger partial charge in [-0.2, -0.15) is 0 Å². The van der Waals surface area contributed by atoms with Crippen molar-refractivity contribution in [3.05, 3.63) is 30.1 Å². The van der Waals surface area contributed by atoms with Crippen LogP contribution in [0.1, 0.15) is 5.56 Å². The largest absolute Gasteiger partial charge is 0.377 e. The predicted molar refractivity (Wildman–Crippen MR) is 39.8 cm³/mol. The summed E-state index contributed by atoms with van der Waals surface area (Å²) in [6.07, 6.45) is 3.60. The minimum Gasteiger partial charge on any atom is -0.377 e. The second kappa shape index (κ2) is 4.01. The molecule has 0 amide bonds. The summed E-state index contributed by atoms with van der Waals surface area (Å²) in [4.78, 5) is 3.88. The van der Waals surface area contributed by atoms with E-state index in [1.165, 1.54) is 5.56 Å². The molecule has 2 heteroatoms. The van der Waals surface area contributed by atoms with E-state index >= 15 is 0 Å². The van der Waals surface area contributed by atoms with Gasteiger partial charge in [-0.25, -0.2) is 0 Å². The third kappa shape index (κ3) is 4.04. The minimum absolute atomic E-state index is 1.00. The van der Waals surface area contributed by atoms with Gasteiger partial charge in [0, 0.05) is 12.4 Å². The van der Waals surface area contributed by atoms with E-state index in [1.54, 1.807) is 6.20 Å². The zero-order valence-corrected chi connectivity index (χ0v) is 6.08. The van der Waals surface area contributed by atoms with Crippen molar-refractivity contribution < 1.29 is 4.74 Å². The van der Waals surface area contributed by atoms with Crippen molar-refractivity contribution in [2.24, 2.45) is 0 Å². The highest BCUT2D eigenvalue weighted by Gasteiger charge is 1.94. The lowest BCUT2D eigenvalue weighted by atomic mass is 10.3. The highest BCUT2D eigenvalue weighted by Crippen LogP contribution is 1.88. The second-order valence-electron chi connectivity index (χ2n) is 2.14. The van der Waals surface area contributed by atoms with Gasteiger partial charge < -0.3 is 4.74 Å². The van der Waals surface area contributed by atoms with Crippen LogP contribution in [-0.4, -0.2) is 18.2 Å². The molecule has 1 aliphatic rings. The fraction of sp³-hybridized carbons (Fsp3) is 0.375. The molecule has 1 aromatic heterocycles. The van der Waals surface area contributed by atoms with Crippen molar-refractivity contribution in [2.75, 3.05) is 13.2 Å². The van der Waals surface area contributed by atoms with Crippen LogP contribution in [0, 0.1) is 6.92 Å². The first kappa shape index (κ1) is 7.22. The van der Waals surface area contributed by atoms with Gasteiger partial charge in [-0.1, -0.05) is 6.07 Å². The maximum atomic E-state index is 4.50. The van der Waals surface area contributed by atoms with E-state index in [4.69, 9.17) is 0 Å². The topological polar surface area (TPSA) is 25.4 Å². The fourth-order valence-electron chi connectivity index (χ4n) is 0.448. The van der Waals surface area contributed by atoms with Crippen molar-refractivity contribution in [1.29, 1.82) is 0 Å². The first-order valence-electron chi connectivity index (χ1n) is 3.34. The smallest absolute Gasteiger partial charge is 0.0701 e. The van der Waals surface area contributed by atoms with Gasteiger partial charge in [-0.3, -0.25) is 4.98 Å². The maximum absolute atomic E-state index is 4.50. The zero-order valence-electron chi connectivity index (χ0n) is 6.08. The van der Waals surface area contributed by atoms with Crippen LogP contribution < -0.4 is 0 Å². The quantitative estimate of drug-likeness (QED) is 0.505. The van der Waals surface area contributed by atoms with Crippen molar-refractivity contribution in [2.45, 2.75) is 6.92 Å². The van der Waals surface area contributed by atoms with Gasteiger partial charge in [0.15, 0.2) is 0 Å². The Labute approximate surface area is 60.9 Å². The number of nitrogens with zero attached hydrogens (tertiary/aromatic N) is 1. The molecular weight excluding hydrogens is 126 g/mol. The highest BCUT2D eigenvalue weighted by molar-refractivity contribution is 5.04. The highest BCUT2D eigenvalue weighted by atomic mass is 16.6. The van der Waals surface area contributed by atoms with Gasteiger partial charge in [0.05, 0.1) is 13.2 Å². The molecule has 0 saturated carbocycles. The molecule has 0 N–H and O–H groups in total. The lowest BCUT2D eigenvalue weighted by Crippen LogP contribution is -1.69. The molecule has 2 rings (SSSR count). The van der Waals surface area contributed by atoms with Gasteiger partial charge in [0.1, 0.15) is 0 Å². The molecule has 0 radical (unpaired) electrons. The minimum atomic E-state index is 1.00. The van der Waals surface area contributed by atoms with Crippen LogP contribution in [0.5, 0.6) is 0 Å². The van der Waals surface area contributed by atoms with Gasteiger partial charge >= 0.3 is 0 Å². The van der Waals surface area contributed by atoms with Crippen LogP contribution in [0.15, 0.2) is 24.5 Å². The Morgan fingerprint density at radius 3 is 2.40 bits per heavy atom. The lowest BCUT2D eigenvalue weighted by molar-refractivity contribution is 0.475. The van der Waals surface area contributed by atoms with Gasteiger partial charge in [0.2, 0.25) is 0 Å². The molecule has 0 spiro atoms. The zero-order chi connectivity index (χ0) is 7.23. The number of epoxide rings is 1. The Bertz CT molecular complexity index is 169. The van der Waals surface area contributed by atoms with E-state index in [1.807, 2.05) is 25.3 Å². The Morgan fingerprint density at radius 1 is 1.50 bits per heavy atom. The van der Waals surface area contributed by atoms with Crippen LogP contribution in [-0.2, 0) is 4.74 Å². The molecule has 0 unspecified atom stereocenters. The molecule has 0 aliphatic carbocycles. The molecular formula is C8H11NO. The molecule has 54 valence electrons. The van der Waals surface area contributed by atoms with Crippen molar-refractivity contribution >= 4 is 0 Å². The average Bonchev–Trinajstić information content (AvgIpc) is 2.73. The molecule has 1 saturated heterocycles. The standard InChI is InChI=1S/C6H7N.C2H4O/c1-6-3-2-4-7-5-6;1-2-3-1/h2-5H,1H3;1-2H2. The number of aryl methyl sites for hydroxylation is 1. The van der Waals surface area contributed by atoms with E-state index in [0.717, 1.165) is 13.2 Å². The van der Waals surface area contributed by atoms with E-state index in [2.05, 4.69) is 9.72 Å². The van der Waals surface area contributed by atoms with Crippen LogP contribution in [0.4, 0.5) is 0 Å². The molecule has 2 nitrogen and oxygen atoms in total. The number of pyridine rings is 1. The fourth-order valence-corrected chi connectivity index (χ4v) is 0.448. The summed E-state index contributed by atoms with van der Waals surface area (Å²) in [5.41, 5.74) is 1.21. The van der Waals surface area contributed by atoms with E-state index < -0.39 is 0 Å². The Hall–Kier alpha value is -0.890. The number of aromatic nitrogens is 1. The van der Waals surface area contributed by atoms with Crippen molar-refractivity contribution in [3.8, 4) is 0 Å². The Balaban J connectivity index is 0.000000138. The summed E-state index contributed by atoms with van der Waals surface area (Å²) < 4.78 is 4.50. The van der Waals surface area contributed by atoms with Crippen LogP contribution >= 0.6 is 0 Å². The van der Waals surface area contributed by atoms with Crippen LogP contribution in [0.2, 0.25) is 0 Å². The van der Waals surface area contributed by atoms with E-state index in [-0.39, 0.29) is 0 Å². The summed E-state index contributed by atoms with van der Waals surface area (Å²) in [7, 11) is 0. The van der Waals surface area contributed by atoms with Gasteiger partial charge in [-0.05, 0) is 18.6 Å². The summed E-state index contributed by atoms with van der Waals surface area (Å²) >= 11 is 0. The average molecular weight is 137 g/mol. The van der Waals surface area contributed by atoms with Gasteiger partial charge in [0.25, 0.3) is 0 Å².